The molecule has 0 aliphatic heterocycles. The summed E-state index contributed by atoms with van der Waals surface area (Å²) in [6.07, 6.45) is -3.33. The van der Waals surface area contributed by atoms with E-state index in [0.717, 1.165) is 16.8 Å². The Hall–Kier alpha value is -1.87. The van der Waals surface area contributed by atoms with Crippen LogP contribution in [0.3, 0.4) is 0 Å². The van der Waals surface area contributed by atoms with Gasteiger partial charge in [0.05, 0.1) is 10.5 Å². The number of nitrogens with one attached hydrogen (secondary N) is 1. The van der Waals surface area contributed by atoms with Crippen LogP contribution in [0.25, 0.3) is 10.9 Å². The lowest BCUT2D eigenvalue weighted by atomic mass is 10.1. The molecule has 1 aromatic heterocycles. The van der Waals surface area contributed by atoms with E-state index in [0.29, 0.717) is 12.5 Å². The summed E-state index contributed by atoms with van der Waals surface area (Å²) in [5.74, 6) is 0. The maximum atomic E-state index is 13.1. The van der Waals surface area contributed by atoms with Gasteiger partial charge in [-0.15, -0.1) is 0 Å². The molecule has 1 heterocycles. The zero-order valence-corrected chi connectivity index (χ0v) is 14.0. The molecular formula is C15H17F3N2O3S. The van der Waals surface area contributed by atoms with Gasteiger partial charge in [0, 0.05) is 30.6 Å². The molecule has 1 aromatic carbocycles. The van der Waals surface area contributed by atoms with Gasteiger partial charge in [-0.25, -0.2) is 12.7 Å². The van der Waals surface area contributed by atoms with Crippen LogP contribution in [0.5, 0.6) is 0 Å². The molecule has 5 nitrogen and oxygen atoms in total. The van der Waals surface area contributed by atoms with Crippen molar-refractivity contribution in [3.63, 3.8) is 0 Å². The van der Waals surface area contributed by atoms with Crippen molar-refractivity contribution in [2.45, 2.75) is 30.8 Å². The average Bonchev–Trinajstić information content (AvgIpc) is 2.50. The molecule has 0 atom stereocenters. The monoisotopic (exact) mass is 362 g/mol. The number of halogens is 3. The van der Waals surface area contributed by atoms with Crippen molar-refractivity contribution in [2.75, 3.05) is 13.6 Å². The Morgan fingerprint density at radius 1 is 1.21 bits per heavy atom. The normalized spacial score (nSPS) is 12.9. The number of H-pyrrole nitrogens is 1. The Bertz CT molecular complexity index is 904. The molecule has 1 N–H and O–H groups in total. The number of benzene rings is 1. The fourth-order valence-electron chi connectivity index (χ4n) is 2.31. The van der Waals surface area contributed by atoms with Gasteiger partial charge >= 0.3 is 6.18 Å². The van der Waals surface area contributed by atoms with Gasteiger partial charge in [0.2, 0.25) is 15.6 Å². The number of aromatic amines is 1. The zero-order valence-electron chi connectivity index (χ0n) is 13.1. The Balaban J connectivity index is 2.63. The first-order valence-corrected chi connectivity index (χ1v) is 8.72. The number of aromatic nitrogens is 1. The van der Waals surface area contributed by atoms with Gasteiger partial charge in [-0.2, -0.15) is 13.2 Å². The third-order valence-corrected chi connectivity index (χ3v) is 5.51. The molecule has 0 bridgehead atoms. The predicted molar refractivity (Wildman–Crippen MR) is 84.3 cm³/mol. The molecule has 9 heteroatoms. The highest BCUT2D eigenvalue weighted by Gasteiger charge is 2.34. The molecule has 132 valence electrons. The molecule has 24 heavy (non-hydrogen) atoms. The van der Waals surface area contributed by atoms with Crippen LogP contribution < -0.4 is 5.56 Å². The number of unbranched alkanes of at least 4 members (excludes halogenated alkanes) is 1. The van der Waals surface area contributed by atoms with Crippen LogP contribution in [0, 0.1) is 0 Å². The van der Waals surface area contributed by atoms with Crippen LogP contribution in [0.1, 0.15) is 25.3 Å². The summed E-state index contributed by atoms with van der Waals surface area (Å²) in [7, 11) is -2.52. The van der Waals surface area contributed by atoms with E-state index in [4.69, 9.17) is 0 Å². The molecule has 0 spiro atoms. The molecule has 0 fully saturated rings. The smallest absolute Gasteiger partial charge is 0.322 e. The number of hydrogen-bond acceptors (Lipinski definition) is 3. The van der Waals surface area contributed by atoms with Crippen LogP contribution >= 0.6 is 0 Å². The van der Waals surface area contributed by atoms with Crippen molar-refractivity contribution in [3.8, 4) is 0 Å². The molecule has 0 unspecified atom stereocenters. The van der Waals surface area contributed by atoms with Gasteiger partial charge in [-0.05, 0) is 24.6 Å². The second-order valence-corrected chi connectivity index (χ2v) is 7.48. The Morgan fingerprint density at radius 2 is 1.88 bits per heavy atom. The molecular weight excluding hydrogens is 345 g/mol. The lowest BCUT2D eigenvalue weighted by molar-refractivity contribution is -0.136. The highest BCUT2D eigenvalue weighted by molar-refractivity contribution is 7.89. The number of nitrogens with zero attached hydrogens (tertiary/aromatic N) is 1. The minimum atomic E-state index is -4.76. The predicted octanol–water partition coefficient (Wildman–Crippen LogP) is 2.97. The summed E-state index contributed by atoms with van der Waals surface area (Å²) in [6, 6.07) is 3.74. The third-order valence-electron chi connectivity index (χ3n) is 3.65. The van der Waals surface area contributed by atoms with E-state index in [1.807, 2.05) is 6.92 Å². The molecule has 0 radical (unpaired) electrons. The molecule has 0 amide bonds. The van der Waals surface area contributed by atoms with Crippen molar-refractivity contribution < 1.29 is 21.6 Å². The Kier molecular flexibility index (Phi) is 5.05. The highest BCUT2D eigenvalue weighted by Crippen LogP contribution is 2.34. The van der Waals surface area contributed by atoms with Crippen LogP contribution in [0.15, 0.2) is 34.0 Å². The average molecular weight is 362 g/mol. The first kappa shape index (κ1) is 18.5. The maximum absolute atomic E-state index is 13.1. The SMILES string of the molecule is CCCCN(C)S(=O)(=O)c1ccc2[nH]c(=O)cc(C(F)(F)F)c2c1. The van der Waals surface area contributed by atoms with Crippen molar-refractivity contribution in [1.29, 1.82) is 0 Å². The summed E-state index contributed by atoms with van der Waals surface area (Å²) in [5, 5.41) is -0.355. The third kappa shape index (κ3) is 3.62. The summed E-state index contributed by atoms with van der Waals surface area (Å²) >= 11 is 0. The highest BCUT2D eigenvalue weighted by atomic mass is 32.2. The Labute approximate surface area is 137 Å². The lowest BCUT2D eigenvalue weighted by Crippen LogP contribution is -2.28. The molecule has 0 aliphatic carbocycles. The molecule has 0 saturated carbocycles. The summed E-state index contributed by atoms with van der Waals surface area (Å²) in [5.41, 5.74) is -2.12. The largest absolute Gasteiger partial charge is 0.417 e. The second kappa shape index (κ2) is 6.56. The van der Waals surface area contributed by atoms with E-state index in [1.165, 1.54) is 19.2 Å². The van der Waals surface area contributed by atoms with Gasteiger partial charge < -0.3 is 4.98 Å². The van der Waals surface area contributed by atoms with Gasteiger partial charge in [0.1, 0.15) is 0 Å². The number of alkyl halides is 3. The van der Waals surface area contributed by atoms with Gasteiger partial charge in [0.15, 0.2) is 0 Å². The topological polar surface area (TPSA) is 70.2 Å². The quantitative estimate of drug-likeness (QED) is 0.889. The van der Waals surface area contributed by atoms with Crippen LogP contribution in [0.2, 0.25) is 0 Å². The van der Waals surface area contributed by atoms with Crippen molar-refractivity contribution in [3.05, 3.63) is 40.2 Å². The van der Waals surface area contributed by atoms with Crippen molar-refractivity contribution in [2.24, 2.45) is 0 Å². The fourth-order valence-corrected chi connectivity index (χ4v) is 3.54. The molecule has 0 aliphatic rings. The van der Waals surface area contributed by atoms with E-state index in [1.54, 1.807) is 0 Å². The number of fused-ring (bicyclic) bond motifs is 1. The van der Waals surface area contributed by atoms with Crippen LogP contribution in [-0.4, -0.2) is 31.3 Å². The van der Waals surface area contributed by atoms with E-state index in [9.17, 15) is 26.4 Å². The minimum absolute atomic E-state index is 0.0648. The van der Waals surface area contributed by atoms with Crippen molar-refractivity contribution in [1.82, 2.24) is 9.29 Å². The van der Waals surface area contributed by atoms with Crippen molar-refractivity contribution >= 4 is 20.9 Å². The summed E-state index contributed by atoms with van der Waals surface area (Å²) < 4.78 is 65.5. The van der Waals surface area contributed by atoms with Crippen LogP contribution in [-0.2, 0) is 16.2 Å². The number of rotatable bonds is 5. The first-order chi connectivity index (χ1) is 11.1. The van der Waals surface area contributed by atoms with E-state index < -0.39 is 27.3 Å². The van der Waals surface area contributed by atoms with E-state index in [-0.39, 0.29) is 22.3 Å². The first-order valence-electron chi connectivity index (χ1n) is 7.28. The van der Waals surface area contributed by atoms with Gasteiger partial charge in [0.25, 0.3) is 0 Å². The fraction of sp³-hybridized carbons (Fsp3) is 0.400. The lowest BCUT2D eigenvalue weighted by Gasteiger charge is -2.17. The van der Waals surface area contributed by atoms with Gasteiger partial charge in [-0.1, -0.05) is 13.3 Å². The number of sulfonamides is 1. The number of pyridine rings is 1. The van der Waals surface area contributed by atoms with Crippen LogP contribution in [0.4, 0.5) is 13.2 Å². The number of hydrogen-bond donors (Lipinski definition) is 1. The molecule has 2 rings (SSSR count). The Morgan fingerprint density at radius 3 is 2.46 bits per heavy atom. The molecule has 0 saturated heterocycles. The van der Waals surface area contributed by atoms with E-state index in [2.05, 4.69) is 4.98 Å². The second-order valence-electron chi connectivity index (χ2n) is 5.43. The molecule has 2 aromatic rings. The zero-order chi connectivity index (χ0) is 18.1. The standard InChI is InChI=1S/C15H17F3N2O3S/c1-3-4-7-20(2)24(22,23)10-5-6-13-11(8-10)12(15(16,17)18)9-14(21)19-13/h5-6,8-9H,3-4,7H2,1-2H3,(H,19,21). The summed E-state index contributed by atoms with van der Waals surface area (Å²) in [6.45, 7) is 2.18. The summed E-state index contributed by atoms with van der Waals surface area (Å²) in [4.78, 5) is 13.4. The minimum Gasteiger partial charge on any atom is -0.322 e. The van der Waals surface area contributed by atoms with E-state index >= 15 is 0 Å². The maximum Gasteiger partial charge on any atom is 0.417 e. The van der Waals surface area contributed by atoms with Gasteiger partial charge in [-0.3, -0.25) is 4.79 Å².